The van der Waals surface area contributed by atoms with E-state index in [2.05, 4.69) is 5.32 Å². The van der Waals surface area contributed by atoms with Crippen molar-refractivity contribution in [2.75, 3.05) is 11.9 Å². The molecule has 104 valence electrons. The predicted molar refractivity (Wildman–Crippen MR) is 79.4 cm³/mol. The maximum atomic E-state index is 11.7. The van der Waals surface area contributed by atoms with Gasteiger partial charge in [0.15, 0.2) is 6.61 Å². The molecule has 0 radical (unpaired) electrons. The van der Waals surface area contributed by atoms with Gasteiger partial charge in [-0.3, -0.25) is 4.79 Å². The van der Waals surface area contributed by atoms with Gasteiger partial charge in [0.25, 0.3) is 5.91 Å². The second kappa shape index (κ2) is 6.54. The molecule has 0 unspecified atom stereocenters. The molecule has 1 amide bonds. The average Bonchev–Trinajstić information content (AvgIpc) is 2.83. The maximum Gasteiger partial charge on any atom is 0.348 e. The highest BCUT2D eigenvalue weighted by molar-refractivity contribution is 7.17. The molecule has 1 aromatic heterocycles. The zero-order valence-corrected chi connectivity index (χ0v) is 12.3. The molecule has 0 spiro atoms. The van der Waals surface area contributed by atoms with Gasteiger partial charge in [0.1, 0.15) is 4.88 Å². The largest absolute Gasteiger partial charge is 0.451 e. The molecule has 1 N–H and O–H groups in total. The molecular formula is C14H12ClNO3S. The van der Waals surface area contributed by atoms with Crippen LogP contribution in [0.5, 0.6) is 0 Å². The predicted octanol–water partition coefficient (Wildman–Crippen LogP) is 3.51. The highest BCUT2D eigenvalue weighted by Crippen LogP contribution is 2.21. The van der Waals surface area contributed by atoms with E-state index in [0.717, 1.165) is 16.9 Å². The van der Waals surface area contributed by atoms with Gasteiger partial charge in [-0.15, -0.1) is 11.3 Å². The number of hydrogen-bond donors (Lipinski definition) is 1. The van der Waals surface area contributed by atoms with E-state index < -0.39 is 5.97 Å². The van der Waals surface area contributed by atoms with E-state index in [-0.39, 0.29) is 12.5 Å². The number of anilines is 1. The molecule has 1 aromatic carbocycles. The molecule has 20 heavy (non-hydrogen) atoms. The quantitative estimate of drug-likeness (QED) is 0.879. The maximum absolute atomic E-state index is 11.7. The molecule has 0 bridgehead atoms. The molecule has 6 heteroatoms. The molecule has 0 saturated carbocycles. The normalized spacial score (nSPS) is 10.1. The Hall–Kier alpha value is -1.85. The van der Waals surface area contributed by atoms with E-state index in [0.29, 0.717) is 14.9 Å². The van der Waals surface area contributed by atoms with Crippen molar-refractivity contribution in [2.24, 2.45) is 0 Å². The first-order valence-electron chi connectivity index (χ1n) is 5.83. The van der Waals surface area contributed by atoms with Gasteiger partial charge in [0.05, 0.1) is 4.34 Å². The van der Waals surface area contributed by atoms with Gasteiger partial charge < -0.3 is 10.1 Å². The first-order chi connectivity index (χ1) is 9.54. The van der Waals surface area contributed by atoms with Crippen LogP contribution in [-0.2, 0) is 9.53 Å². The monoisotopic (exact) mass is 309 g/mol. The van der Waals surface area contributed by atoms with Gasteiger partial charge >= 0.3 is 5.97 Å². The molecule has 0 atom stereocenters. The summed E-state index contributed by atoms with van der Waals surface area (Å²) in [6.45, 7) is 1.60. The van der Waals surface area contributed by atoms with Crippen molar-refractivity contribution < 1.29 is 14.3 Å². The van der Waals surface area contributed by atoms with Crippen molar-refractivity contribution in [1.29, 1.82) is 0 Å². The third-order valence-electron chi connectivity index (χ3n) is 2.41. The summed E-state index contributed by atoms with van der Waals surface area (Å²) in [4.78, 5) is 23.6. The molecule has 2 aromatic rings. The number of halogens is 1. The fourth-order valence-corrected chi connectivity index (χ4v) is 2.48. The molecule has 4 nitrogen and oxygen atoms in total. The minimum atomic E-state index is -0.554. The summed E-state index contributed by atoms with van der Waals surface area (Å²) in [5.74, 6) is -0.937. The van der Waals surface area contributed by atoms with Crippen LogP contribution in [0.15, 0.2) is 36.4 Å². The number of esters is 1. The molecule has 1 heterocycles. The Bertz CT molecular complexity index is 639. The molecular weight excluding hydrogens is 298 g/mol. The van der Waals surface area contributed by atoms with Crippen LogP contribution in [0, 0.1) is 6.92 Å². The van der Waals surface area contributed by atoms with Crippen LogP contribution < -0.4 is 5.32 Å². The van der Waals surface area contributed by atoms with Gasteiger partial charge in [0, 0.05) is 5.69 Å². The van der Waals surface area contributed by atoms with E-state index in [1.165, 1.54) is 0 Å². The number of ether oxygens (including phenoxy) is 1. The van der Waals surface area contributed by atoms with E-state index in [4.69, 9.17) is 16.3 Å². The Morgan fingerprint density at radius 1 is 1.30 bits per heavy atom. The lowest BCUT2D eigenvalue weighted by atomic mass is 10.2. The summed E-state index contributed by atoms with van der Waals surface area (Å²) in [6, 6.07) is 10.5. The average molecular weight is 310 g/mol. The van der Waals surface area contributed by atoms with Gasteiger partial charge in [-0.25, -0.2) is 4.79 Å². The highest BCUT2D eigenvalue weighted by atomic mass is 35.5. The summed E-state index contributed by atoms with van der Waals surface area (Å²) in [5.41, 5.74) is 1.71. The first kappa shape index (κ1) is 14.6. The van der Waals surface area contributed by atoms with E-state index >= 15 is 0 Å². The Morgan fingerprint density at radius 3 is 2.75 bits per heavy atom. The lowest BCUT2D eigenvalue weighted by Gasteiger charge is -2.06. The summed E-state index contributed by atoms with van der Waals surface area (Å²) in [6.07, 6.45) is 0. The summed E-state index contributed by atoms with van der Waals surface area (Å²) in [7, 11) is 0. The van der Waals surface area contributed by atoms with Gasteiger partial charge in [-0.2, -0.15) is 0 Å². The topological polar surface area (TPSA) is 55.4 Å². The minimum Gasteiger partial charge on any atom is -0.451 e. The Balaban J connectivity index is 1.85. The number of carbonyl (C=O) groups excluding carboxylic acids is 2. The van der Waals surface area contributed by atoms with Crippen LogP contribution in [0.25, 0.3) is 0 Å². The van der Waals surface area contributed by atoms with E-state index in [1.807, 2.05) is 25.1 Å². The second-order valence-electron chi connectivity index (χ2n) is 4.10. The van der Waals surface area contributed by atoms with Crippen LogP contribution in [0.2, 0.25) is 4.34 Å². The minimum absolute atomic E-state index is 0.331. The van der Waals surface area contributed by atoms with Crippen molar-refractivity contribution >= 4 is 40.5 Å². The third kappa shape index (κ3) is 4.08. The van der Waals surface area contributed by atoms with Crippen molar-refractivity contribution in [2.45, 2.75) is 6.92 Å². The molecule has 0 aliphatic rings. The molecule has 0 fully saturated rings. The number of aryl methyl sites for hydroxylation is 1. The van der Waals surface area contributed by atoms with E-state index in [9.17, 15) is 9.59 Å². The van der Waals surface area contributed by atoms with Gasteiger partial charge in [-0.1, -0.05) is 23.7 Å². The number of amides is 1. The smallest absolute Gasteiger partial charge is 0.348 e. The third-order valence-corrected chi connectivity index (χ3v) is 3.62. The van der Waals surface area contributed by atoms with Gasteiger partial charge in [-0.05, 0) is 36.8 Å². The number of thiophene rings is 1. The standard InChI is InChI=1S/C14H12ClNO3S/c1-9-3-2-4-10(7-9)16-13(17)8-19-14(18)11-5-6-12(15)20-11/h2-7H,8H2,1H3,(H,16,17). The Kier molecular flexibility index (Phi) is 4.76. The van der Waals surface area contributed by atoms with Crippen molar-refractivity contribution in [3.05, 3.63) is 51.2 Å². The fraction of sp³-hybridized carbons (Fsp3) is 0.143. The molecule has 0 saturated heterocycles. The Labute approximate surface area is 125 Å². The number of rotatable bonds is 4. The molecule has 2 rings (SSSR count). The highest BCUT2D eigenvalue weighted by Gasteiger charge is 2.12. The van der Waals surface area contributed by atoms with Crippen LogP contribution in [0.1, 0.15) is 15.2 Å². The van der Waals surface area contributed by atoms with Crippen LogP contribution >= 0.6 is 22.9 Å². The van der Waals surface area contributed by atoms with Gasteiger partial charge in [0.2, 0.25) is 0 Å². The summed E-state index contributed by atoms with van der Waals surface area (Å²) >= 11 is 6.83. The zero-order chi connectivity index (χ0) is 14.5. The number of nitrogens with one attached hydrogen (secondary N) is 1. The van der Waals surface area contributed by atoms with Crippen molar-refractivity contribution in [3.8, 4) is 0 Å². The van der Waals surface area contributed by atoms with Crippen molar-refractivity contribution in [3.63, 3.8) is 0 Å². The zero-order valence-electron chi connectivity index (χ0n) is 10.7. The van der Waals surface area contributed by atoms with Crippen LogP contribution in [0.4, 0.5) is 5.69 Å². The Morgan fingerprint density at radius 2 is 2.10 bits per heavy atom. The van der Waals surface area contributed by atoms with Crippen molar-refractivity contribution in [1.82, 2.24) is 0 Å². The van der Waals surface area contributed by atoms with E-state index in [1.54, 1.807) is 18.2 Å². The number of carbonyl (C=O) groups is 2. The lowest BCUT2D eigenvalue weighted by molar-refractivity contribution is -0.119. The lowest BCUT2D eigenvalue weighted by Crippen LogP contribution is -2.20. The number of benzene rings is 1. The first-order valence-corrected chi connectivity index (χ1v) is 7.03. The van der Waals surface area contributed by atoms with Crippen LogP contribution in [-0.4, -0.2) is 18.5 Å². The fourth-order valence-electron chi connectivity index (χ4n) is 1.55. The van der Waals surface area contributed by atoms with Crippen LogP contribution in [0.3, 0.4) is 0 Å². The number of hydrogen-bond acceptors (Lipinski definition) is 4. The summed E-state index contributed by atoms with van der Waals surface area (Å²) < 4.78 is 5.41. The SMILES string of the molecule is Cc1cccc(NC(=O)COC(=O)c2ccc(Cl)s2)c1. The second-order valence-corrected chi connectivity index (χ2v) is 5.81. The molecule has 0 aliphatic heterocycles. The summed E-state index contributed by atoms with van der Waals surface area (Å²) in [5, 5.41) is 2.66. The molecule has 0 aliphatic carbocycles.